The Morgan fingerprint density at radius 2 is 2.00 bits per heavy atom. The van der Waals surface area contributed by atoms with Gasteiger partial charge < -0.3 is 15.0 Å². The number of hydrogen-bond acceptors (Lipinski definition) is 3. The molecule has 0 spiro atoms. The van der Waals surface area contributed by atoms with E-state index in [2.05, 4.69) is 35.5 Å². The molecule has 1 heterocycles. The van der Waals surface area contributed by atoms with E-state index >= 15 is 0 Å². The molecule has 0 fully saturated rings. The molecule has 0 atom stereocenters. The summed E-state index contributed by atoms with van der Waals surface area (Å²) < 4.78 is 5.10. The Labute approximate surface area is 84.0 Å². The van der Waals surface area contributed by atoms with E-state index in [4.69, 9.17) is 4.74 Å². The predicted octanol–water partition coefficient (Wildman–Crippen LogP) is 1.92. The predicted molar refractivity (Wildman–Crippen MR) is 57.2 cm³/mol. The minimum absolute atomic E-state index is 0.845. The fourth-order valence-electron chi connectivity index (χ4n) is 1.47. The second-order valence-corrected chi connectivity index (χ2v) is 3.31. The molecular formula is C11H14N2O. The van der Waals surface area contributed by atoms with Crippen LogP contribution in [0.3, 0.4) is 0 Å². The summed E-state index contributed by atoms with van der Waals surface area (Å²) in [4.78, 5) is 2.16. The maximum Gasteiger partial charge on any atom is 0.119 e. The second-order valence-electron chi connectivity index (χ2n) is 3.31. The Morgan fingerprint density at radius 3 is 2.50 bits per heavy atom. The van der Waals surface area contributed by atoms with Gasteiger partial charge in [-0.2, -0.15) is 0 Å². The molecule has 0 unspecified atom stereocenters. The van der Waals surface area contributed by atoms with Crippen LogP contribution in [0.25, 0.3) is 0 Å². The Balaban J connectivity index is 2.17. The van der Waals surface area contributed by atoms with Crippen molar-refractivity contribution in [2.75, 3.05) is 18.7 Å². The van der Waals surface area contributed by atoms with Crippen molar-refractivity contribution in [2.24, 2.45) is 0 Å². The van der Waals surface area contributed by atoms with Gasteiger partial charge >= 0.3 is 0 Å². The van der Waals surface area contributed by atoms with Crippen molar-refractivity contribution in [3.05, 3.63) is 36.2 Å². The van der Waals surface area contributed by atoms with Crippen LogP contribution in [0, 0.1) is 0 Å². The molecule has 3 heteroatoms. The molecule has 1 aliphatic rings. The van der Waals surface area contributed by atoms with Crippen LogP contribution in [-0.2, 0) is 0 Å². The third-order valence-electron chi connectivity index (χ3n) is 2.28. The highest BCUT2D eigenvalue weighted by Gasteiger charge is 2.09. The number of nitrogens with zero attached hydrogens (tertiary/aromatic N) is 1. The van der Waals surface area contributed by atoms with Crippen LogP contribution in [0.2, 0.25) is 0 Å². The van der Waals surface area contributed by atoms with Crippen molar-refractivity contribution in [2.45, 2.75) is 6.92 Å². The summed E-state index contributed by atoms with van der Waals surface area (Å²) in [5.74, 6) is 0.890. The molecule has 0 aliphatic carbocycles. The van der Waals surface area contributed by atoms with Crippen LogP contribution in [0.5, 0.6) is 5.75 Å². The summed E-state index contributed by atoms with van der Waals surface area (Å²) in [6.45, 7) is 2.90. The first kappa shape index (κ1) is 8.94. The maximum atomic E-state index is 5.10. The van der Waals surface area contributed by atoms with Crippen molar-refractivity contribution in [1.29, 1.82) is 0 Å². The Hall–Kier alpha value is -1.64. The van der Waals surface area contributed by atoms with E-state index in [0.717, 1.165) is 12.4 Å². The highest BCUT2D eigenvalue weighted by molar-refractivity contribution is 5.52. The van der Waals surface area contributed by atoms with Gasteiger partial charge in [-0.3, -0.25) is 0 Å². The number of hydrogen-bond donors (Lipinski definition) is 1. The molecule has 0 amide bonds. The van der Waals surface area contributed by atoms with E-state index in [1.807, 2.05) is 12.1 Å². The number of methoxy groups -OCH3 is 1. The topological polar surface area (TPSA) is 24.5 Å². The summed E-state index contributed by atoms with van der Waals surface area (Å²) in [5, 5.41) is 3.25. The van der Waals surface area contributed by atoms with Gasteiger partial charge in [0, 0.05) is 17.6 Å². The van der Waals surface area contributed by atoms with E-state index in [9.17, 15) is 0 Å². The van der Waals surface area contributed by atoms with Gasteiger partial charge in [0.15, 0.2) is 0 Å². The average Bonchev–Trinajstić information content (AvgIpc) is 2.65. The van der Waals surface area contributed by atoms with E-state index in [1.165, 1.54) is 11.4 Å². The number of nitrogens with one attached hydrogen (secondary N) is 1. The maximum absolute atomic E-state index is 5.10. The van der Waals surface area contributed by atoms with Gasteiger partial charge in [0.05, 0.1) is 13.8 Å². The Bertz CT molecular complexity index is 343. The van der Waals surface area contributed by atoms with Crippen molar-refractivity contribution in [1.82, 2.24) is 5.32 Å². The fraction of sp³-hybridized carbons (Fsp3) is 0.273. The van der Waals surface area contributed by atoms with E-state index in [-0.39, 0.29) is 0 Å². The lowest BCUT2D eigenvalue weighted by Gasteiger charge is -2.14. The van der Waals surface area contributed by atoms with Gasteiger partial charge in [-0.1, -0.05) is 0 Å². The van der Waals surface area contributed by atoms with Crippen molar-refractivity contribution >= 4 is 5.69 Å². The lowest BCUT2D eigenvalue weighted by molar-refractivity contribution is 0.415. The third kappa shape index (κ3) is 1.66. The first-order chi connectivity index (χ1) is 6.79. The molecular weight excluding hydrogens is 176 g/mol. The van der Waals surface area contributed by atoms with Crippen LogP contribution in [-0.4, -0.2) is 13.8 Å². The van der Waals surface area contributed by atoms with E-state index < -0.39 is 0 Å². The highest BCUT2D eigenvalue weighted by Crippen LogP contribution is 2.21. The molecule has 1 aromatic carbocycles. The third-order valence-corrected chi connectivity index (χ3v) is 2.28. The number of rotatable bonds is 2. The normalized spacial score (nSPS) is 15.0. The van der Waals surface area contributed by atoms with E-state index in [1.54, 1.807) is 7.11 Å². The quantitative estimate of drug-likeness (QED) is 0.771. The average molecular weight is 190 g/mol. The zero-order valence-electron chi connectivity index (χ0n) is 8.45. The monoisotopic (exact) mass is 190 g/mol. The van der Waals surface area contributed by atoms with Crippen molar-refractivity contribution in [3.63, 3.8) is 0 Å². The molecule has 1 aromatic rings. The fourth-order valence-corrected chi connectivity index (χ4v) is 1.47. The zero-order valence-corrected chi connectivity index (χ0v) is 8.45. The summed E-state index contributed by atoms with van der Waals surface area (Å²) >= 11 is 0. The number of benzene rings is 1. The van der Waals surface area contributed by atoms with Crippen LogP contribution in [0.1, 0.15) is 6.92 Å². The van der Waals surface area contributed by atoms with Crippen LogP contribution in [0.15, 0.2) is 36.2 Å². The SMILES string of the molecule is COc1ccc(N2C=C(C)NC2)cc1. The molecule has 3 nitrogen and oxygen atoms in total. The minimum Gasteiger partial charge on any atom is -0.497 e. The molecule has 0 saturated carbocycles. The first-order valence-electron chi connectivity index (χ1n) is 4.62. The second kappa shape index (κ2) is 3.62. The minimum atomic E-state index is 0.845. The van der Waals surface area contributed by atoms with Gasteiger partial charge in [0.2, 0.25) is 0 Å². The number of ether oxygens (including phenoxy) is 1. The number of allylic oxidation sites excluding steroid dienone is 1. The summed E-state index contributed by atoms with van der Waals surface area (Å²) in [7, 11) is 1.68. The van der Waals surface area contributed by atoms with Crippen LogP contribution >= 0.6 is 0 Å². The van der Waals surface area contributed by atoms with Gasteiger partial charge in [-0.15, -0.1) is 0 Å². The zero-order chi connectivity index (χ0) is 9.97. The molecule has 1 aliphatic heterocycles. The van der Waals surface area contributed by atoms with Crippen molar-refractivity contribution < 1.29 is 4.74 Å². The molecule has 2 rings (SSSR count). The lowest BCUT2D eigenvalue weighted by Crippen LogP contribution is -2.20. The summed E-state index contributed by atoms with van der Waals surface area (Å²) in [6.07, 6.45) is 2.10. The largest absolute Gasteiger partial charge is 0.497 e. The molecule has 0 bridgehead atoms. The number of anilines is 1. The van der Waals surface area contributed by atoms with Crippen LogP contribution < -0.4 is 15.0 Å². The van der Waals surface area contributed by atoms with Gasteiger partial charge in [0.1, 0.15) is 5.75 Å². The Kier molecular flexibility index (Phi) is 2.31. The van der Waals surface area contributed by atoms with Crippen molar-refractivity contribution in [3.8, 4) is 5.75 Å². The molecule has 1 N–H and O–H groups in total. The highest BCUT2D eigenvalue weighted by atomic mass is 16.5. The van der Waals surface area contributed by atoms with Gasteiger partial charge in [-0.25, -0.2) is 0 Å². The summed E-state index contributed by atoms with van der Waals surface area (Å²) in [6, 6.07) is 8.04. The van der Waals surface area contributed by atoms with E-state index in [0.29, 0.717) is 0 Å². The lowest BCUT2D eigenvalue weighted by atomic mass is 10.3. The van der Waals surface area contributed by atoms with Gasteiger partial charge in [-0.05, 0) is 31.2 Å². The first-order valence-corrected chi connectivity index (χ1v) is 4.62. The molecule has 0 radical (unpaired) electrons. The summed E-state index contributed by atoms with van der Waals surface area (Å²) in [5.41, 5.74) is 2.37. The molecule has 0 saturated heterocycles. The smallest absolute Gasteiger partial charge is 0.119 e. The standard InChI is InChI=1S/C11H14N2O/c1-9-7-13(8-12-9)10-3-5-11(14-2)6-4-10/h3-7,12H,8H2,1-2H3. The molecule has 14 heavy (non-hydrogen) atoms. The Morgan fingerprint density at radius 1 is 1.29 bits per heavy atom. The molecule has 0 aromatic heterocycles. The molecule has 74 valence electrons. The van der Waals surface area contributed by atoms with Gasteiger partial charge in [0.25, 0.3) is 0 Å². The van der Waals surface area contributed by atoms with Crippen LogP contribution in [0.4, 0.5) is 5.69 Å².